The van der Waals surface area contributed by atoms with Crippen LogP contribution in [0.1, 0.15) is 30.0 Å². The number of nitrogens with zero attached hydrogens (tertiary/aromatic N) is 1. The molecule has 1 N–H and O–H groups in total. The Bertz CT molecular complexity index is 554. The zero-order valence-electron chi connectivity index (χ0n) is 12.8. The molecule has 1 atom stereocenters. The Morgan fingerprint density at radius 3 is 2.76 bits per heavy atom. The standard InChI is InChI=1S/C18H23FN2/c1-3-8-21-18(11-15-5-4-9-20-13-15)12-16-6-7-17(19)10-14(16)2/h4-7,9-10,13,18,21H,3,8,11-12H2,1-2H3. The number of nitrogens with one attached hydrogen (secondary N) is 1. The second-order valence-corrected chi connectivity index (χ2v) is 5.49. The number of hydrogen-bond donors (Lipinski definition) is 1. The van der Waals surface area contributed by atoms with Crippen LogP contribution in [0.5, 0.6) is 0 Å². The van der Waals surface area contributed by atoms with Gasteiger partial charge in [-0.05, 0) is 67.6 Å². The third-order valence-electron chi connectivity index (χ3n) is 3.66. The van der Waals surface area contributed by atoms with Crippen LogP contribution < -0.4 is 5.32 Å². The zero-order chi connectivity index (χ0) is 15.1. The summed E-state index contributed by atoms with van der Waals surface area (Å²) in [6.07, 6.45) is 6.65. The maximum atomic E-state index is 13.2. The summed E-state index contributed by atoms with van der Waals surface area (Å²) < 4.78 is 13.2. The summed E-state index contributed by atoms with van der Waals surface area (Å²) in [6, 6.07) is 9.47. The molecular formula is C18H23FN2. The highest BCUT2D eigenvalue weighted by atomic mass is 19.1. The van der Waals surface area contributed by atoms with Gasteiger partial charge < -0.3 is 5.32 Å². The number of rotatable bonds is 7. The van der Waals surface area contributed by atoms with Crippen LogP contribution >= 0.6 is 0 Å². The van der Waals surface area contributed by atoms with Gasteiger partial charge >= 0.3 is 0 Å². The van der Waals surface area contributed by atoms with Crippen molar-refractivity contribution in [3.8, 4) is 0 Å². The largest absolute Gasteiger partial charge is 0.313 e. The Kier molecular flexibility index (Phi) is 5.88. The second kappa shape index (κ2) is 7.89. The Balaban J connectivity index is 2.08. The first-order valence-electron chi connectivity index (χ1n) is 7.56. The molecule has 0 saturated carbocycles. The van der Waals surface area contributed by atoms with Crippen LogP contribution in [0.2, 0.25) is 0 Å². The van der Waals surface area contributed by atoms with E-state index in [2.05, 4.69) is 23.3 Å². The molecule has 0 saturated heterocycles. The minimum Gasteiger partial charge on any atom is -0.313 e. The minimum atomic E-state index is -0.165. The highest BCUT2D eigenvalue weighted by Gasteiger charge is 2.12. The van der Waals surface area contributed by atoms with Gasteiger partial charge in [-0.2, -0.15) is 0 Å². The summed E-state index contributed by atoms with van der Waals surface area (Å²) in [6.45, 7) is 5.13. The molecule has 0 aliphatic rings. The molecule has 2 nitrogen and oxygen atoms in total. The van der Waals surface area contributed by atoms with E-state index >= 15 is 0 Å². The molecule has 0 spiro atoms. The maximum absolute atomic E-state index is 13.2. The molecule has 0 fully saturated rings. The van der Waals surface area contributed by atoms with E-state index in [0.29, 0.717) is 6.04 Å². The van der Waals surface area contributed by atoms with Gasteiger partial charge in [-0.3, -0.25) is 4.98 Å². The molecule has 2 aromatic rings. The van der Waals surface area contributed by atoms with Crippen molar-refractivity contribution in [1.82, 2.24) is 10.3 Å². The topological polar surface area (TPSA) is 24.9 Å². The van der Waals surface area contributed by atoms with Crippen LogP contribution in [0, 0.1) is 12.7 Å². The van der Waals surface area contributed by atoms with Crippen LogP contribution in [0.15, 0.2) is 42.7 Å². The van der Waals surface area contributed by atoms with E-state index in [0.717, 1.165) is 31.4 Å². The lowest BCUT2D eigenvalue weighted by Gasteiger charge is -2.20. The molecule has 1 unspecified atom stereocenters. The first kappa shape index (κ1) is 15.6. The molecule has 0 bridgehead atoms. The molecule has 112 valence electrons. The van der Waals surface area contributed by atoms with Gasteiger partial charge in [0.1, 0.15) is 5.82 Å². The summed E-state index contributed by atoms with van der Waals surface area (Å²) in [4.78, 5) is 4.18. The quantitative estimate of drug-likeness (QED) is 0.840. The van der Waals surface area contributed by atoms with E-state index in [1.54, 1.807) is 18.3 Å². The van der Waals surface area contributed by atoms with E-state index < -0.39 is 0 Å². The molecule has 0 amide bonds. The van der Waals surface area contributed by atoms with E-state index in [-0.39, 0.29) is 5.82 Å². The summed E-state index contributed by atoms with van der Waals surface area (Å²) >= 11 is 0. The summed E-state index contributed by atoms with van der Waals surface area (Å²) in [5.74, 6) is -0.165. The third-order valence-corrected chi connectivity index (χ3v) is 3.66. The van der Waals surface area contributed by atoms with Crippen molar-refractivity contribution in [2.75, 3.05) is 6.54 Å². The third kappa shape index (κ3) is 4.94. The van der Waals surface area contributed by atoms with Crippen molar-refractivity contribution in [3.63, 3.8) is 0 Å². The Labute approximate surface area is 126 Å². The number of pyridine rings is 1. The fourth-order valence-corrected chi connectivity index (χ4v) is 2.52. The molecule has 1 aromatic heterocycles. The molecule has 0 aliphatic carbocycles. The minimum absolute atomic E-state index is 0.165. The lowest BCUT2D eigenvalue weighted by Crippen LogP contribution is -2.34. The monoisotopic (exact) mass is 286 g/mol. The lowest BCUT2D eigenvalue weighted by atomic mass is 9.96. The Morgan fingerprint density at radius 1 is 1.24 bits per heavy atom. The van der Waals surface area contributed by atoms with Crippen molar-refractivity contribution >= 4 is 0 Å². The van der Waals surface area contributed by atoms with E-state index in [9.17, 15) is 4.39 Å². The van der Waals surface area contributed by atoms with Crippen molar-refractivity contribution in [1.29, 1.82) is 0 Å². The van der Waals surface area contributed by atoms with Crippen molar-refractivity contribution in [2.24, 2.45) is 0 Å². The van der Waals surface area contributed by atoms with E-state index in [1.165, 1.54) is 11.1 Å². The number of benzene rings is 1. The number of halogens is 1. The fraction of sp³-hybridized carbons (Fsp3) is 0.389. The van der Waals surface area contributed by atoms with Crippen LogP contribution in [0.3, 0.4) is 0 Å². The Morgan fingerprint density at radius 2 is 2.10 bits per heavy atom. The molecule has 0 aliphatic heterocycles. The normalized spacial score (nSPS) is 12.3. The van der Waals surface area contributed by atoms with Crippen molar-refractivity contribution < 1.29 is 4.39 Å². The summed E-state index contributed by atoms with van der Waals surface area (Å²) in [5, 5.41) is 3.59. The van der Waals surface area contributed by atoms with Gasteiger partial charge in [-0.25, -0.2) is 4.39 Å². The predicted octanol–water partition coefficient (Wildman–Crippen LogP) is 3.68. The van der Waals surface area contributed by atoms with Gasteiger partial charge in [-0.15, -0.1) is 0 Å². The summed E-state index contributed by atoms with van der Waals surface area (Å²) in [5.41, 5.74) is 3.45. The van der Waals surface area contributed by atoms with Gasteiger partial charge in [0.2, 0.25) is 0 Å². The van der Waals surface area contributed by atoms with Crippen molar-refractivity contribution in [3.05, 3.63) is 65.2 Å². The molecule has 3 heteroatoms. The fourth-order valence-electron chi connectivity index (χ4n) is 2.52. The number of aromatic nitrogens is 1. The predicted molar refractivity (Wildman–Crippen MR) is 84.9 cm³/mol. The summed E-state index contributed by atoms with van der Waals surface area (Å²) in [7, 11) is 0. The maximum Gasteiger partial charge on any atom is 0.123 e. The SMILES string of the molecule is CCCNC(Cc1cccnc1)Cc1ccc(F)cc1C. The van der Waals surface area contributed by atoms with E-state index in [1.807, 2.05) is 25.3 Å². The van der Waals surface area contributed by atoms with Crippen LogP contribution in [-0.4, -0.2) is 17.6 Å². The average Bonchev–Trinajstić information content (AvgIpc) is 2.48. The van der Waals surface area contributed by atoms with Gasteiger partial charge in [0, 0.05) is 18.4 Å². The van der Waals surface area contributed by atoms with Gasteiger partial charge in [0.15, 0.2) is 0 Å². The highest BCUT2D eigenvalue weighted by molar-refractivity contribution is 5.27. The van der Waals surface area contributed by atoms with Crippen LogP contribution in [0.25, 0.3) is 0 Å². The smallest absolute Gasteiger partial charge is 0.123 e. The molecule has 0 radical (unpaired) electrons. The highest BCUT2D eigenvalue weighted by Crippen LogP contribution is 2.14. The van der Waals surface area contributed by atoms with Gasteiger partial charge in [0.05, 0.1) is 0 Å². The molecule has 21 heavy (non-hydrogen) atoms. The second-order valence-electron chi connectivity index (χ2n) is 5.49. The van der Waals surface area contributed by atoms with Crippen LogP contribution in [-0.2, 0) is 12.8 Å². The van der Waals surface area contributed by atoms with Gasteiger partial charge in [-0.1, -0.05) is 19.1 Å². The first-order chi connectivity index (χ1) is 10.2. The first-order valence-corrected chi connectivity index (χ1v) is 7.56. The van der Waals surface area contributed by atoms with Gasteiger partial charge in [0.25, 0.3) is 0 Å². The molecule has 1 heterocycles. The number of hydrogen-bond acceptors (Lipinski definition) is 2. The molecule has 2 rings (SSSR count). The lowest BCUT2D eigenvalue weighted by molar-refractivity contribution is 0.503. The molecule has 1 aromatic carbocycles. The van der Waals surface area contributed by atoms with E-state index in [4.69, 9.17) is 0 Å². The van der Waals surface area contributed by atoms with Crippen molar-refractivity contribution in [2.45, 2.75) is 39.2 Å². The molecular weight excluding hydrogens is 263 g/mol. The zero-order valence-corrected chi connectivity index (χ0v) is 12.8. The van der Waals surface area contributed by atoms with Crippen LogP contribution in [0.4, 0.5) is 4.39 Å². The Hall–Kier alpha value is -1.74. The average molecular weight is 286 g/mol. The number of aryl methyl sites for hydroxylation is 1.